The van der Waals surface area contributed by atoms with E-state index in [4.69, 9.17) is 0 Å². The van der Waals surface area contributed by atoms with Crippen molar-refractivity contribution in [3.8, 4) is 0 Å². The topological polar surface area (TPSA) is 54.0 Å². The Labute approximate surface area is 105 Å². The molecule has 1 atom stereocenters. The van der Waals surface area contributed by atoms with Crippen molar-refractivity contribution in [3.63, 3.8) is 0 Å². The number of nitrogens with one attached hydrogen (secondary N) is 2. The first-order valence-electron chi connectivity index (χ1n) is 5.70. The zero-order valence-corrected chi connectivity index (χ0v) is 10.6. The number of carbonyl (C=O) groups excluding carboxylic acids is 1. The maximum Gasteiger partial charge on any atom is 0.237 e. The number of likely N-dealkylation sites (N-methyl/N-ethyl adjacent to an activating group) is 1. The van der Waals surface area contributed by atoms with E-state index in [1.54, 1.807) is 0 Å². The maximum absolute atomic E-state index is 13.3. The van der Waals surface area contributed by atoms with Crippen LogP contribution in [0.3, 0.4) is 0 Å². The van der Waals surface area contributed by atoms with Crippen LogP contribution in [-0.2, 0) is 11.3 Å². The minimum absolute atomic E-state index is 0.0120. The van der Waals surface area contributed by atoms with E-state index in [-0.39, 0.29) is 23.9 Å². The summed E-state index contributed by atoms with van der Waals surface area (Å²) >= 11 is 0. The second-order valence-corrected chi connectivity index (χ2v) is 4.30. The molecule has 4 nitrogen and oxygen atoms in total. The lowest BCUT2D eigenvalue weighted by atomic mass is 10.0. The minimum atomic E-state index is -0.720. The van der Waals surface area contributed by atoms with Crippen LogP contribution in [-0.4, -0.2) is 24.0 Å². The number of hydrogen-bond donors (Lipinski definition) is 2. The zero-order valence-electron chi connectivity index (χ0n) is 10.6. The van der Waals surface area contributed by atoms with E-state index in [1.807, 2.05) is 13.8 Å². The molecule has 0 fully saturated rings. The van der Waals surface area contributed by atoms with Crippen LogP contribution >= 0.6 is 0 Å². The molecule has 1 amide bonds. The van der Waals surface area contributed by atoms with Gasteiger partial charge < -0.3 is 10.6 Å². The number of nitrogens with zero attached hydrogens (tertiary/aromatic N) is 1. The van der Waals surface area contributed by atoms with Gasteiger partial charge >= 0.3 is 0 Å². The van der Waals surface area contributed by atoms with E-state index in [9.17, 15) is 13.6 Å². The Morgan fingerprint density at radius 2 is 1.89 bits per heavy atom. The van der Waals surface area contributed by atoms with Crippen molar-refractivity contribution in [3.05, 3.63) is 29.6 Å². The van der Waals surface area contributed by atoms with Crippen LogP contribution < -0.4 is 10.6 Å². The van der Waals surface area contributed by atoms with Crippen LogP contribution in [0.5, 0.6) is 0 Å². The molecule has 100 valence electrons. The normalized spacial score (nSPS) is 12.6. The van der Waals surface area contributed by atoms with Gasteiger partial charge in [-0.05, 0) is 5.92 Å². The lowest BCUT2D eigenvalue weighted by Gasteiger charge is -2.21. The summed E-state index contributed by atoms with van der Waals surface area (Å²) in [6.07, 6.45) is 1.90. The quantitative estimate of drug-likeness (QED) is 0.834. The van der Waals surface area contributed by atoms with Crippen LogP contribution in [0.2, 0.25) is 0 Å². The average molecular weight is 257 g/mol. The number of hydrogen-bond acceptors (Lipinski definition) is 3. The van der Waals surface area contributed by atoms with Gasteiger partial charge in [0.05, 0.1) is 18.4 Å². The smallest absolute Gasteiger partial charge is 0.237 e. The first-order chi connectivity index (χ1) is 8.47. The molecule has 0 aliphatic heterocycles. The summed E-state index contributed by atoms with van der Waals surface area (Å²) in [6.45, 7) is 3.65. The molecule has 0 aliphatic rings. The molecular weight excluding hydrogens is 240 g/mol. The first-order valence-corrected chi connectivity index (χ1v) is 5.70. The minimum Gasteiger partial charge on any atom is -0.358 e. The van der Waals surface area contributed by atoms with Gasteiger partial charge in [-0.1, -0.05) is 13.8 Å². The van der Waals surface area contributed by atoms with E-state index in [0.29, 0.717) is 0 Å². The highest BCUT2D eigenvalue weighted by Crippen LogP contribution is 2.11. The summed E-state index contributed by atoms with van der Waals surface area (Å²) in [5.74, 6) is -1.64. The molecule has 0 saturated heterocycles. The van der Waals surface area contributed by atoms with Crippen LogP contribution in [0.15, 0.2) is 12.4 Å². The largest absolute Gasteiger partial charge is 0.358 e. The van der Waals surface area contributed by atoms with E-state index in [2.05, 4.69) is 15.6 Å². The third-order valence-corrected chi connectivity index (χ3v) is 2.65. The summed E-state index contributed by atoms with van der Waals surface area (Å²) in [5.41, 5.74) is -0.112. The molecular formula is C12H17F2N3O. The van der Waals surface area contributed by atoms with Crippen LogP contribution in [0.1, 0.15) is 19.4 Å². The third-order valence-electron chi connectivity index (χ3n) is 2.65. The van der Waals surface area contributed by atoms with Gasteiger partial charge in [0.2, 0.25) is 5.91 Å². The summed E-state index contributed by atoms with van der Waals surface area (Å²) in [4.78, 5) is 15.0. The maximum atomic E-state index is 13.3. The van der Waals surface area contributed by atoms with Gasteiger partial charge in [0.1, 0.15) is 11.6 Å². The van der Waals surface area contributed by atoms with E-state index in [1.165, 1.54) is 7.05 Å². The lowest BCUT2D eigenvalue weighted by Crippen LogP contribution is -2.46. The molecule has 0 bridgehead atoms. The predicted molar refractivity (Wildman–Crippen MR) is 63.7 cm³/mol. The van der Waals surface area contributed by atoms with E-state index < -0.39 is 17.7 Å². The molecule has 0 saturated carbocycles. The molecule has 18 heavy (non-hydrogen) atoms. The summed E-state index contributed by atoms with van der Waals surface area (Å²) < 4.78 is 26.7. The van der Waals surface area contributed by atoms with Gasteiger partial charge in [-0.25, -0.2) is 8.78 Å². The first kappa shape index (κ1) is 14.5. The molecule has 1 heterocycles. The Morgan fingerprint density at radius 1 is 1.33 bits per heavy atom. The van der Waals surface area contributed by atoms with Crippen molar-refractivity contribution >= 4 is 5.91 Å². The van der Waals surface area contributed by atoms with Gasteiger partial charge in [-0.3, -0.25) is 9.78 Å². The van der Waals surface area contributed by atoms with Gasteiger partial charge in [0, 0.05) is 19.2 Å². The van der Waals surface area contributed by atoms with Gasteiger partial charge in [0.15, 0.2) is 0 Å². The highest BCUT2D eigenvalue weighted by Gasteiger charge is 2.21. The number of carbonyl (C=O) groups is 1. The van der Waals surface area contributed by atoms with Crippen LogP contribution in [0, 0.1) is 17.6 Å². The highest BCUT2D eigenvalue weighted by atomic mass is 19.1. The molecule has 1 aromatic heterocycles. The molecule has 0 aromatic carbocycles. The standard InChI is InChI=1S/C12H17F2N3O/c1-7(2)11(12(18)15-3)17-4-8-9(13)5-16-6-10(8)14/h5-7,11,17H,4H2,1-3H3,(H,15,18)/t11-/m0/s1. The predicted octanol–water partition coefficient (Wildman–Crippen LogP) is 1.22. The van der Waals surface area contributed by atoms with Crippen molar-refractivity contribution in [2.24, 2.45) is 5.92 Å². The molecule has 1 rings (SSSR count). The van der Waals surface area contributed by atoms with Crippen molar-refractivity contribution in [2.45, 2.75) is 26.4 Å². The third kappa shape index (κ3) is 3.46. The van der Waals surface area contributed by atoms with Crippen LogP contribution in [0.4, 0.5) is 8.78 Å². The van der Waals surface area contributed by atoms with Crippen molar-refractivity contribution in [1.29, 1.82) is 0 Å². The summed E-state index contributed by atoms with van der Waals surface area (Å²) in [6, 6.07) is -0.498. The Kier molecular flexibility index (Phi) is 5.15. The number of pyridine rings is 1. The second-order valence-electron chi connectivity index (χ2n) is 4.30. The average Bonchev–Trinajstić information content (AvgIpc) is 2.31. The number of halogens is 2. The second kappa shape index (κ2) is 6.39. The Balaban J connectivity index is 2.76. The van der Waals surface area contributed by atoms with Gasteiger partial charge in [-0.15, -0.1) is 0 Å². The number of rotatable bonds is 5. The SMILES string of the molecule is CNC(=O)[C@@H](NCc1c(F)cncc1F)C(C)C. The van der Waals surface area contributed by atoms with E-state index in [0.717, 1.165) is 12.4 Å². The fourth-order valence-corrected chi connectivity index (χ4v) is 1.61. The lowest BCUT2D eigenvalue weighted by molar-refractivity contribution is -0.123. The van der Waals surface area contributed by atoms with Crippen molar-refractivity contribution < 1.29 is 13.6 Å². The van der Waals surface area contributed by atoms with Crippen LogP contribution in [0.25, 0.3) is 0 Å². The van der Waals surface area contributed by atoms with Gasteiger partial charge in [0.25, 0.3) is 0 Å². The molecule has 0 aliphatic carbocycles. The Morgan fingerprint density at radius 3 is 2.33 bits per heavy atom. The molecule has 0 radical (unpaired) electrons. The molecule has 1 aromatic rings. The molecule has 0 spiro atoms. The zero-order chi connectivity index (χ0) is 13.7. The summed E-state index contributed by atoms with van der Waals surface area (Å²) in [7, 11) is 1.52. The molecule has 0 unspecified atom stereocenters. The number of amides is 1. The van der Waals surface area contributed by atoms with Crippen molar-refractivity contribution in [2.75, 3.05) is 7.05 Å². The van der Waals surface area contributed by atoms with E-state index >= 15 is 0 Å². The van der Waals surface area contributed by atoms with Gasteiger partial charge in [-0.2, -0.15) is 0 Å². The Hall–Kier alpha value is -1.56. The molecule has 6 heteroatoms. The monoisotopic (exact) mass is 257 g/mol. The highest BCUT2D eigenvalue weighted by molar-refractivity contribution is 5.81. The fraction of sp³-hybridized carbons (Fsp3) is 0.500. The number of aromatic nitrogens is 1. The Bertz CT molecular complexity index is 404. The molecule has 2 N–H and O–H groups in total. The summed E-state index contributed by atoms with van der Waals surface area (Å²) in [5, 5.41) is 5.36. The fourth-order valence-electron chi connectivity index (χ4n) is 1.61. The van der Waals surface area contributed by atoms with Crippen molar-refractivity contribution in [1.82, 2.24) is 15.6 Å².